The monoisotopic (exact) mass is 216 g/mol. The van der Waals surface area contributed by atoms with E-state index in [1.54, 1.807) is 4.90 Å². The van der Waals surface area contributed by atoms with Crippen molar-refractivity contribution in [1.29, 1.82) is 0 Å². The van der Waals surface area contributed by atoms with Crippen molar-refractivity contribution in [3.63, 3.8) is 0 Å². The molecule has 0 aromatic carbocycles. The van der Waals surface area contributed by atoms with Gasteiger partial charge in [0.15, 0.2) is 0 Å². The Morgan fingerprint density at radius 3 is 2.93 bits per heavy atom. The Balaban J connectivity index is 2.00. The summed E-state index contributed by atoms with van der Waals surface area (Å²) in [4.78, 5) is 13.1. The predicted octanol–water partition coefficient (Wildman–Crippen LogP) is 0.511. The van der Waals surface area contributed by atoms with Crippen LogP contribution in [0.2, 0.25) is 0 Å². The fraction of sp³-hybridized carbons (Fsp3) is 0.900. The lowest BCUT2D eigenvalue weighted by Crippen LogP contribution is -2.52. The number of nitrogens with zero attached hydrogens (tertiary/aromatic N) is 1. The van der Waals surface area contributed by atoms with E-state index < -0.39 is 6.17 Å². The third kappa shape index (κ3) is 2.07. The molecule has 15 heavy (non-hydrogen) atoms. The Kier molecular flexibility index (Phi) is 3.09. The molecule has 1 aliphatic carbocycles. The van der Waals surface area contributed by atoms with Gasteiger partial charge in [0, 0.05) is 19.7 Å². The van der Waals surface area contributed by atoms with Gasteiger partial charge in [0.25, 0.3) is 0 Å². The lowest BCUT2D eigenvalue weighted by molar-refractivity contribution is 0.128. The van der Waals surface area contributed by atoms with Crippen LogP contribution in [0, 0.1) is 5.92 Å². The van der Waals surface area contributed by atoms with Gasteiger partial charge in [-0.25, -0.2) is 9.18 Å². The van der Waals surface area contributed by atoms with Gasteiger partial charge in [-0.3, -0.25) is 0 Å². The summed E-state index contributed by atoms with van der Waals surface area (Å²) in [5, 5.41) is 11.7. The van der Waals surface area contributed by atoms with Crippen molar-refractivity contribution in [2.24, 2.45) is 5.92 Å². The molecule has 0 radical (unpaired) electrons. The van der Waals surface area contributed by atoms with Crippen molar-refractivity contribution in [2.45, 2.75) is 31.5 Å². The average molecular weight is 216 g/mol. The number of nitrogens with one attached hydrogen (secondary N) is 1. The normalized spacial score (nSPS) is 36.8. The molecule has 86 valence electrons. The van der Waals surface area contributed by atoms with Crippen LogP contribution in [0.3, 0.4) is 0 Å². The number of rotatable bonds is 2. The second-order valence-corrected chi connectivity index (χ2v) is 4.38. The molecule has 5 heteroatoms. The molecular formula is C10H17FN2O2. The standard InChI is InChI=1S/C10H17FN2O2/c11-8-4-7(6-14)5-9(8)13-3-1-2-12-10(13)15/h7-9,14H,1-6H2,(H,12,15). The lowest BCUT2D eigenvalue weighted by atomic mass is 10.1. The molecule has 2 N–H and O–H groups in total. The number of hydrogen-bond donors (Lipinski definition) is 2. The van der Waals surface area contributed by atoms with Crippen molar-refractivity contribution in [1.82, 2.24) is 10.2 Å². The highest BCUT2D eigenvalue weighted by molar-refractivity contribution is 5.75. The van der Waals surface area contributed by atoms with E-state index in [1.807, 2.05) is 0 Å². The average Bonchev–Trinajstić information content (AvgIpc) is 2.60. The van der Waals surface area contributed by atoms with Gasteiger partial charge in [-0.05, 0) is 25.2 Å². The smallest absolute Gasteiger partial charge is 0.317 e. The Morgan fingerprint density at radius 1 is 1.53 bits per heavy atom. The maximum Gasteiger partial charge on any atom is 0.317 e. The molecule has 1 heterocycles. The zero-order valence-electron chi connectivity index (χ0n) is 8.66. The van der Waals surface area contributed by atoms with Crippen LogP contribution in [-0.2, 0) is 0 Å². The maximum absolute atomic E-state index is 13.7. The summed E-state index contributed by atoms with van der Waals surface area (Å²) < 4.78 is 13.7. The fourth-order valence-electron chi connectivity index (χ4n) is 2.50. The Labute approximate surface area is 88.4 Å². The van der Waals surface area contributed by atoms with E-state index in [4.69, 9.17) is 5.11 Å². The van der Waals surface area contributed by atoms with Crippen LogP contribution in [0.25, 0.3) is 0 Å². The number of amides is 2. The zero-order chi connectivity index (χ0) is 10.8. The number of aliphatic hydroxyl groups excluding tert-OH is 1. The summed E-state index contributed by atoms with van der Waals surface area (Å²) in [5.41, 5.74) is 0. The van der Waals surface area contributed by atoms with Crippen LogP contribution in [-0.4, -0.2) is 47.9 Å². The zero-order valence-corrected chi connectivity index (χ0v) is 8.66. The van der Waals surface area contributed by atoms with Gasteiger partial charge in [0.2, 0.25) is 0 Å². The van der Waals surface area contributed by atoms with Crippen molar-refractivity contribution >= 4 is 6.03 Å². The number of aliphatic hydroxyl groups is 1. The summed E-state index contributed by atoms with van der Waals surface area (Å²) in [5.74, 6) is 0.0136. The highest BCUT2D eigenvalue weighted by Gasteiger charge is 2.40. The molecule has 2 fully saturated rings. The number of alkyl halides is 1. The number of urea groups is 1. The van der Waals surface area contributed by atoms with Crippen LogP contribution in [0.1, 0.15) is 19.3 Å². The Bertz CT molecular complexity index is 250. The number of halogens is 1. The van der Waals surface area contributed by atoms with Gasteiger partial charge in [0.05, 0.1) is 6.04 Å². The van der Waals surface area contributed by atoms with Crippen molar-refractivity contribution in [3.05, 3.63) is 0 Å². The van der Waals surface area contributed by atoms with E-state index >= 15 is 0 Å². The van der Waals surface area contributed by atoms with Crippen molar-refractivity contribution in [2.75, 3.05) is 19.7 Å². The molecular weight excluding hydrogens is 199 g/mol. The minimum Gasteiger partial charge on any atom is -0.396 e. The maximum atomic E-state index is 13.7. The molecule has 2 aliphatic rings. The largest absolute Gasteiger partial charge is 0.396 e. The molecule has 1 saturated carbocycles. The molecule has 2 amide bonds. The molecule has 0 bridgehead atoms. The quantitative estimate of drug-likeness (QED) is 0.706. The van der Waals surface area contributed by atoms with Gasteiger partial charge in [-0.15, -0.1) is 0 Å². The van der Waals surface area contributed by atoms with Crippen molar-refractivity contribution in [3.8, 4) is 0 Å². The Hall–Kier alpha value is -0.840. The van der Waals surface area contributed by atoms with Crippen LogP contribution < -0.4 is 5.32 Å². The van der Waals surface area contributed by atoms with Gasteiger partial charge >= 0.3 is 6.03 Å². The SMILES string of the molecule is O=C1NCCCN1C1CC(CO)CC1F. The van der Waals surface area contributed by atoms with E-state index in [2.05, 4.69) is 5.32 Å². The van der Waals surface area contributed by atoms with Gasteiger partial charge in [0.1, 0.15) is 6.17 Å². The molecule has 1 aliphatic heterocycles. The summed E-state index contributed by atoms with van der Waals surface area (Å²) >= 11 is 0. The first-order valence-electron chi connectivity index (χ1n) is 5.51. The van der Waals surface area contributed by atoms with Crippen molar-refractivity contribution < 1.29 is 14.3 Å². The number of carbonyl (C=O) groups excluding carboxylic acids is 1. The summed E-state index contributed by atoms with van der Waals surface area (Å²) in [6.07, 6.45) is 0.861. The minimum atomic E-state index is -0.981. The third-order valence-corrected chi connectivity index (χ3v) is 3.32. The molecule has 0 aromatic rings. The van der Waals surface area contributed by atoms with Gasteiger partial charge in [-0.2, -0.15) is 0 Å². The highest BCUT2D eigenvalue weighted by Crippen LogP contribution is 2.32. The molecule has 3 unspecified atom stereocenters. The van der Waals surface area contributed by atoms with E-state index in [1.165, 1.54) is 0 Å². The lowest BCUT2D eigenvalue weighted by Gasteiger charge is -2.33. The summed E-state index contributed by atoms with van der Waals surface area (Å²) in [6, 6.07) is -0.491. The number of carbonyl (C=O) groups is 1. The summed E-state index contributed by atoms with van der Waals surface area (Å²) in [7, 11) is 0. The fourth-order valence-corrected chi connectivity index (χ4v) is 2.50. The second kappa shape index (κ2) is 4.35. The van der Waals surface area contributed by atoms with E-state index in [9.17, 15) is 9.18 Å². The van der Waals surface area contributed by atoms with Gasteiger partial charge < -0.3 is 15.3 Å². The van der Waals surface area contributed by atoms with Crippen LogP contribution >= 0.6 is 0 Å². The van der Waals surface area contributed by atoms with Crippen LogP contribution in [0.5, 0.6) is 0 Å². The first kappa shape index (κ1) is 10.7. The molecule has 2 rings (SSSR count). The van der Waals surface area contributed by atoms with E-state index in [0.717, 1.165) is 6.42 Å². The van der Waals surface area contributed by atoms with E-state index in [-0.39, 0.29) is 24.6 Å². The topological polar surface area (TPSA) is 52.6 Å². The first-order valence-corrected chi connectivity index (χ1v) is 5.51. The second-order valence-electron chi connectivity index (χ2n) is 4.38. The summed E-state index contributed by atoms with van der Waals surface area (Å²) in [6.45, 7) is 1.34. The molecule has 0 spiro atoms. The molecule has 1 saturated heterocycles. The molecule has 3 atom stereocenters. The van der Waals surface area contributed by atoms with Crippen LogP contribution in [0.15, 0.2) is 0 Å². The predicted molar refractivity (Wildman–Crippen MR) is 53.2 cm³/mol. The third-order valence-electron chi connectivity index (χ3n) is 3.32. The molecule has 0 aromatic heterocycles. The molecule has 4 nitrogen and oxygen atoms in total. The highest BCUT2D eigenvalue weighted by atomic mass is 19.1. The minimum absolute atomic E-state index is 0.0136. The van der Waals surface area contributed by atoms with Crippen LogP contribution in [0.4, 0.5) is 9.18 Å². The first-order chi connectivity index (χ1) is 7.22. The van der Waals surface area contributed by atoms with Gasteiger partial charge in [-0.1, -0.05) is 0 Å². The number of hydrogen-bond acceptors (Lipinski definition) is 2. The Morgan fingerprint density at radius 2 is 2.33 bits per heavy atom. The van der Waals surface area contributed by atoms with E-state index in [0.29, 0.717) is 25.9 Å².